The van der Waals surface area contributed by atoms with Crippen LogP contribution in [0.5, 0.6) is 11.5 Å². The molecule has 0 spiro atoms. The van der Waals surface area contributed by atoms with Crippen LogP contribution in [0.3, 0.4) is 0 Å². The normalized spacial score (nSPS) is 12.3. The number of rotatable bonds is 8. The quantitative estimate of drug-likeness (QED) is 0.736. The predicted octanol–water partition coefficient (Wildman–Crippen LogP) is 2.40. The second-order valence-electron chi connectivity index (χ2n) is 5.44. The lowest BCUT2D eigenvalue weighted by Crippen LogP contribution is -2.41. The molecule has 8 heteroatoms. The van der Waals surface area contributed by atoms with Gasteiger partial charge in [0.15, 0.2) is 0 Å². The van der Waals surface area contributed by atoms with Crippen LogP contribution in [0, 0.1) is 0 Å². The number of nitrogens with one attached hydrogen (secondary N) is 2. The maximum absolute atomic E-state index is 12.4. The van der Waals surface area contributed by atoms with E-state index in [1.807, 2.05) is 6.92 Å². The number of hydrogen-bond acceptors (Lipinski definition) is 5. The van der Waals surface area contributed by atoms with Crippen molar-refractivity contribution in [2.75, 3.05) is 19.0 Å². The van der Waals surface area contributed by atoms with Crippen LogP contribution in [0.25, 0.3) is 0 Å². The number of amides is 1. The molecule has 7 nitrogen and oxygen atoms in total. The number of carbonyl (C=O) groups excluding carboxylic acids is 1. The third kappa shape index (κ3) is 4.96. The largest absolute Gasteiger partial charge is 0.497 e. The van der Waals surface area contributed by atoms with Crippen LogP contribution in [0.15, 0.2) is 53.4 Å². The topological polar surface area (TPSA) is 93.7 Å². The lowest BCUT2D eigenvalue weighted by Gasteiger charge is -2.16. The van der Waals surface area contributed by atoms with Gasteiger partial charge in [-0.25, -0.2) is 8.42 Å². The van der Waals surface area contributed by atoms with Gasteiger partial charge in [0.1, 0.15) is 11.5 Å². The van der Waals surface area contributed by atoms with Crippen LogP contribution in [0.2, 0.25) is 0 Å². The van der Waals surface area contributed by atoms with Crippen LogP contribution in [-0.4, -0.2) is 34.1 Å². The molecular weight excluding hydrogens is 356 g/mol. The van der Waals surface area contributed by atoms with Crippen molar-refractivity contribution in [2.24, 2.45) is 0 Å². The molecule has 2 N–H and O–H groups in total. The van der Waals surface area contributed by atoms with E-state index >= 15 is 0 Å². The van der Waals surface area contributed by atoms with Crippen LogP contribution >= 0.6 is 0 Å². The highest BCUT2D eigenvalue weighted by Gasteiger charge is 2.22. The van der Waals surface area contributed by atoms with Gasteiger partial charge in [0.25, 0.3) is 0 Å². The van der Waals surface area contributed by atoms with Crippen molar-refractivity contribution < 1.29 is 22.7 Å². The molecule has 140 valence electrons. The van der Waals surface area contributed by atoms with E-state index in [0.29, 0.717) is 23.8 Å². The summed E-state index contributed by atoms with van der Waals surface area (Å²) < 4.78 is 37.6. The Kier molecular flexibility index (Phi) is 6.59. The molecule has 0 radical (unpaired) electrons. The van der Waals surface area contributed by atoms with Gasteiger partial charge in [-0.2, -0.15) is 4.72 Å². The van der Waals surface area contributed by atoms with E-state index < -0.39 is 22.0 Å². The minimum atomic E-state index is -3.84. The summed E-state index contributed by atoms with van der Waals surface area (Å²) in [5.74, 6) is 0.574. The maximum Gasteiger partial charge on any atom is 0.242 e. The average Bonchev–Trinajstić information content (AvgIpc) is 2.63. The van der Waals surface area contributed by atoms with Crippen molar-refractivity contribution in [3.05, 3.63) is 48.5 Å². The van der Waals surface area contributed by atoms with E-state index in [0.717, 1.165) is 0 Å². The fourth-order valence-corrected chi connectivity index (χ4v) is 3.40. The van der Waals surface area contributed by atoms with Gasteiger partial charge >= 0.3 is 0 Å². The summed E-state index contributed by atoms with van der Waals surface area (Å²) in [6, 6.07) is 11.9. The second kappa shape index (κ2) is 8.68. The van der Waals surface area contributed by atoms with E-state index in [9.17, 15) is 13.2 Å². The number of methoxy groups -OCH3 is 1. The number of sulfonamides is 1. The van der Waals surface area contributed by atoms with Gasteiger partial charge in [-0.1, -0.05) is 12.1 Å². The van der Waals surface area contributed by atoms with E-state index in [1.165, 1.54) is 38.3 Å². The standard InChI is InChI=1S/C18H22N2O5S/c1-4-25-17-8-6-5-7-16(17)19-18(21)13(2)20-26(22,23)15-11-9-14(24-3)10-12-15/h5-13,20H,4H2,1-3H3,(H,19,21). The SMILES string of the molecule is CCOc1ccccc1NC(=O)C(C)NS(=O)(=O)c1ccc(OC)cc1. The molecule has 2 aromatic rings. The lowest BCUT2D eigenvalue weighted by molar-refractivity contribution is -0.117. The smallest absolute Gasteiger partial charge is 0.242 e. The number of hydrogen-bond donors (Lipinski definition) is 2. The molecule has 0 aliphatic rings. The highest BCUT2D eigenvalue weighted by Crippen LogP contribution is 2.24. The Bertz CT molecular complexity index is 850. The summed E-state index contributed by atoms with van der Waals surface area (Å²) in [6.07, 6.45) is 0. The zero-order valence-electron chi connectivity index (χ0n) is 14.9. The first-order valence-electron chi connectivity index (χ1n) is 8.06. The lowest BCUT2D eigenvalue weighted by atomic mass is 10.2. The van der Waals surface area contributed by atoms with Crippen molar-refractivity contribution in [1.29, 1.82) is 0 Å². The van der Waals surface area contributed by atoms with Crippen LogP contribution in [0.1, 0.15) is 13.8 Å². The zero-order valence-corrected chi connectivity index (χ0v) is 15.7. The summed E-state index contributed by atoms with van der Waals surface area (Å²) in [6.45, 7) is 3.76. The number of para-hydroxylation sites is 2. The molecule has 0 aromatic heterocycles. The van der Waals surface area contributed by atoms with Gasteiger partial charge < -0.3 is 14.8 Å². The number of ether oxygens (including phenoxy) is 2. The molecule has 0 bridgehead atoms. The van der Waals surface area contributed by atoms with Crippen molar-refractivity contribution in [3.63, 3.8) is 0 Å². The van der Waals surface area contributed by atoms with Gasteiger partial charge in [0.2, 0.25) is 15.9 Å². The molecule has 1 unspecified atom stereocenters. The van der Waals surface area contributed by atoms with E-state index in [4.69, 9.17) is 9.47 Å². The molecule has 2 rings (SSSR count). The minimum Gasteiger partial charge on any atom is -0.497 e. The van der Waals surface area contributed by atoms with Gasteiger partial charge in [0, 0.05) is 0 Å². The number of carbonyl (C=O) groups is 1. The molecule has 0 aliphatic carbocycles. The van der Waals surface area contributed by atoms with Crippen LogP contribution < -0.4 is 19.5 Å². The highest BCUT2D eigenvalue weighted by molar-refractivity contribution is 7.89. The minimum absolute atomic E-state index is 0.0488. The Hall–Kier alpha value is -2.58. The molecule has 1 atom stereocenters. The van der Waals surface area contributed by atoms with Gasteiger partial charge in [-0.05, 0) is 50.2 Å². The second-order valence-corrected chi connectivity index (χ2v) is 7.15. The third-order valence-corrected chi connectivity index (χ3v) is 5.10. The number of benzene rings is 2. The molecule has 0 aliphatic heterocycles. The summed E-state index contributed by atoms with van der Waals surface area (Å²) in [5, 5.41) is 2.68. The Morgan fingerprint density at radius 2 is 1.77 bits per heavy atom. The van der Waals surface area contributed by atoms with Crippen molar-refractivity contribution >= 4 is 21.6 Å². The molecule has 26 heavy (non-hydrogen) atoms. The number of anilines is 1. The Morgan fingerprint density at radius 1 is 1.12 bits per heavy atom. The monoisotopic (exact) mass is 378 g/mol. The van der Waals surface area contributed by atoms with Crippen molar-refractivity contribution in [3.8, 4) is 11.5 Å². The average molecular weight is 378 g/mol. The van der Waals surface area contributed by atoms with E-state index in [1.54, 1.807) is 24.3 Å². The van der Waals surface area contributed by atoms with Crippen molar-refractivity contribution in [2.45, 2.75) is 24.8 Å². The molecule has 0 saturated heterocycles. The summed E-state index contributed by atoms with van der Waals surface area (Å²) >= 11 is 0. The molecule has 2 aromatic carbocycles. The van der Waals surface area contributed by atoms with Crippen molar-refractivity contribution in [1.82, 2.24) is 4.72 Å². The molecule has 1 amide bonds. The highest BCUT2D eigenvalue weighted by atomic mass is 32.2. The van der Waals surface area contributed by atoms with E-state index in [2.05, 4.69) is 10.0 Å². The van der Waals surface area contributed by atoms with Gasteiger partial charge in [-0.3, -0.25) is 4.79 Å². The predicted molar refractivity (Wildman–Crippen MR) is 99.0 cm³/mol. The first-order chi connectivity index (χ1) is 12.4. The summed E-state index contributed by atoms with van der Waals surface area (Å²) in [7, 11) is -2.35. The third-order valence-electron chi connectivity index (χ3n) is 3.54. The first kappa shape index (κ1) is 19.7. The van der Waals surface area contributed by atoms with Crippen LogP contribution in [0.4, 0.5) is 5.69 Å². The molecule has 0 saturated carbocycles. The Morgan fingerprint density at radius 3 is 2.38 bits per heavy atom. The Balaban J connectivity index is 2.08. The van der Waals surface area contributed by atoms with Gasteiger partial charge in [-0.15, -0.1) is 0 Å². The first-order valence-corrected chi connectivity index (χ1v) is 9.54. The fourth-order valence-electron chi connectivity index (χ4n) is 2.20. The molecule has 0 heterocycles. The fraction of sp³-hybridized carbons (Fsp3) is 0.278. The summed E-state index contributed by atoms with van der Waals surface area (Å²) in [4.78, 5) is 12.4. The molecular formula is C18H22N2O5S. The van der Waals surface area contributed by atoms with Gasteiger partial charge in [0.05, 0.1) is 30.3 Å². The summed E-state index contributed by atoms with van der Waals surface area (Å²) in [5.41, 5.74) is 0.481. The molecule has 0 fully saturated rings. The zero-order chi connectivity index (χ0) is 19.2. The van der Waals surface area contributed by atoms with E-state index in [-0.39, 0.29) is 4.90 Å². The Labute approximate surface area is 153 Å². The van der Waals surface area contributed by atoms with Crippen LogP contribution in [-0.2, 0) is 14.8 Å². The maximum atomic E-state index is 12.4.